The molecule has 2 aromatic carbocycles. The highest BCUT2D eigenvalue weighted by atomic mass is 16.6. The SMILES string of the molecule is COc1ccc(-c2nc3ccc(-c4cccc([N+](=O)[O-])c4)cn3c2CN2CCN(C(=O)[C@H]3CCC[C@H](OC)C3)CC2)cc1. The summed E-state index contributed by atoms with van der Waals surface area (Å²) in [6, 6.07) is 18.5. The molecule has 0 bridgehead atoms. The molecule has 1 amide bonds. The first-order valence-electron chi connectivity index (χ1n) is 14.9. The number of rotatable bonds is 8. The van der Waals surface area contributed by atoms with Crippen molar-refractivity contribution in [2.75, 3.05) is 40.4 Å². The molecule has 6 rings (SSSR count). The number of pyridine rings is 1. The van der Waals surface area contributed by atoms with Crippen molar-refractivity contribution < 1.29 is 19.2 Å². The number of benzene rings is 2. The molecule has 2 fully saturated rings. The second kappa shape index (κ2) is 12.5. The van der Waals surface area contributed by atoms with Crippen LogP contribution in [0.2, 0.25) is 0 Å². The fourth-order valence-electron chi connectivity index (χ4n) is 6.37. The summed E-state index contributed by atoms with van der Waals surface area (Å²) in [6.07, 6.45) is 6.03. The van der Waals surface area contributed by atoms with Gasteiger partial charge >= 0.3 is 0 Å². The lowest BCUT2D eigenvalue weighted by Crippen LogP contribution is -2.50. The van der Waals surface area contributed by atoms with Gasteiger partial charge in [0, 0.05) is 69.6 Å². The molecule has 1 saturated heterocycles. The first-order chi connectivity index (χ1) is 20.9. The summed E-state index contributed by atoms with van der Waals surface area (Å²) in [5, 5.41) is 11.4. The molecule has 10 heteroatoms. The second-order valence-corrected chi connectivity index (χ2v) is 11.4. The van der Waals surface area contributed by atoms with Gasteiger partial charge in [0.15, 0.2) is 0 Å². The van der Waals surface area contributed by atoms with Gasteiger partial charge in [-0.25, -0.2) is 4.98 Å². The lowest BCUT2D eigenvalue weighted by atomic mass is 9.86. The third kappa shape index (κ3) is 6.11. The van der Waals surface area contributed by atoms with Crippen LogP contribution >= 0.6 is 0 Å². The maximum atomic E-state index is 13.3. The minimum Gasteiger partial charge on any atom is -0.497 e. The smallest absolute Gasteiger partial charge is 0.270 e. The number of nitro benzene ring substituents is 1. The molecule has 0 N–H and O–H groups in total. The van der Waals surface area contributed by atoms with Crippen molar-refractivity contribution in [2.45, 2.75) is 38.3 Å². The van der Waals surface area contributed by atoms with Gasteiger partial charge in [0.2, 0.25) is 5.91 Å². The number of piperazine rings is 1. The molecule has 224 valence electrons. The van der Waals surface area contributed by atoms with Crippen molar-refractivity contribution in [3.05, 3.63) is 82.7 Å². The zero-order valence-electron chi connectivity index (χ0n) is 24.6. The van der Waals surface area contributed by atoms with E-state index >= 15 is 0 Å². The van der Waals surface area contributed by atoms with Gasteiger partial charge in [-0.3, -0.25) is 19.8 Å². The third-order valence-electron chi connectivity index (χ3n) is 8.84. The monoisotopic (exact) mass is 583 g/mol. The van der Waals surface area contributed by atoms with Crippen molar-refractivity contribution >= 4 is 17.2 Å². The molecule has 0 spiro atoms. The Morgan fingerprint density at radius 2 is 1.74 bits per heavy atom. The first-order valence-corrected chi connectivity index (χ1v) is 14.9. The van der Waals surface area contributed by atoms with Crippen molar-refractivity contribution in [3.63, 3.8) is 0 Å². The summed E-state index contributed by atoms with van der Waals surface area (Å²) >= 11 is 0. The number of carbonyl (C=O) groups is 1. The van der Waals surface area contributed by atoms with E-state index in [0.29, 0.717) is 19.6 Å². The van der Waals surface area contributed by atoms with Crippen LogP contribution in [-0.2, 0) is 16.1 Å². The maximum absolute atomic E-state index is 13.3. The van der Waals surface area contributed by atoms with Crippen LogP contribution in [0.15, 0.2) is 66.9 Å². The average Bonchev–Trinajstić information content (AvgIpc) is 3.42. The van der Waals surface area contributed by atoms with Crippen molar-refractivity contribution in [1.29, 1.82) is 0 Å². The number of nitrogens with zero attached hydrogens (tertiary/aromatic N) is 5. The van der Waals surface area contributed by atoms with E-state index < -0.39 is 0 Å². The Bertz CT molecular complexity index is 1610. The summed E-state index contributed by atoms with van der Waals surface area (Å²) in [5.41, 5.74) is 5.39. The highest BCUT2D eigenvalue weighted by molar-refractivity contribution is 5.79. The normalized spacial score (nSPS) is 19.4. The lowest BCUT2D eigenvalue weighted by molar-refractivity contribution is -0.384. The molecule has 2 aromatic heterocycles. The topological polar surface area (TPSA) is 102 Å². The van der Waals surface area contributed by atoms with E-state index in [2.05, 4.69) is 9.30 Å². The van der Waals surface area contributed by atoms with Crippen LogP contribution in [0, 0.1) is 16.0 Å². The van der Waals surface area contributed by atoms with E-state index in [1.165, 1.54) is 6.07 Å². The van der Waals surface area contributed by atoms with Gasteiger partial charge < -0.3 is 18.8 Å². The summed E-state index contributed by atoms with van der Waals surface area (Å²) in [7, 11) is 3.39. The molecule has 4 aromatic rings. The van der Waals surface area contributed by atoms with E-state index in [9.17, 15) is 14.9 Å². The standard InChI is InChI=1S/C33H37N5O5/c1-42-28-12-9-23(10-13-28)32-30(22-35-15-17-36(18-16-35)33(39)25-6-4-8-29(20-25)43-2)37-21-26(11-14-31(37)34-32)24-5-3-7-27(19-24)38(40)41/h3,5,7,9-14,19,21,25,29H,4,6,8,15-18,20,22H2,1-2H3/t25-,29-/m0/s1. The van der Waals surface area contributed by atoms with Crippen LogP contribution in [0.1, 0.15) is 31.4 Å². The first kappa shape index (κ1) is 28.8. The fraction of sp³-hybridized carbons (Fsp3) is 0.394. The van der Waals surface area contributed by atoms with Crippen molar-refractivity contribution in [2.24, 2.45) is 5.92 Å². The summed E-state index contributed by atoms with van der Waals surface area (Å²) in [5.74, 6) is 1.09. The Labute approximate surface area is 251 Å². The van der Waals surface area contributed by atoms with E-state index in [1.54, 1.807) is 26.4 Å². The molecule has 1 aliphatic heterocycles. The molecule has 2 aliphatic rings. The van der Waals surface area contributed by atoms with E-state index in [-0.39, 0.29) is 28.5 Å². The number of fused-ring (bicyclic) bond motifs is 1. The van der Waals surface area contributed by atoms with Crippen LogP contribution in [0.3, 0.4) is 0 Å². The summed E-state index contributed by atoms with van der Waals surface area (Å²) < 4.78 is 13.0. The average molecular weight is 584 g/mol. The van der Waals surface area contributed by atoms with Gasteiger partial charge in [0.05, 0.1) is 29.5 Å². The Morgan fingerprint density at radius 3 is 2.47 bits per heavy atom. The molecule has 1 aliphatic carbocycles. The van der Waals surface area contributed by atoms with Crippen LogP contribution in [0.4, 0.5) is 5.69 Å². The van der Waals surface area contributed by atoms with Crippen LogP contribution in [0.25, 0.3) is 28.0 Å². The number of aromatic nitrogens is 2. The number of hydrogen-bond donors (Lipinski definition) is 0. The highest BCUT2D eigenvalue weighted by Crippen LogP contribution is 2.32. The van der Waals surface area contributed by atoms with Crippen molar-refractivity contribution in [3.8, 4) is 28.1 Å². The molecule has 2 atom stereocenters. The lowest BCUT2D eigenvalue weighted by Gasteiger charge is -2.38. The van der Waals surface area contributed by atoms with E-state index in [1.807, 2.05) is 53.6 Å². The van der Waals surface area contributed by atoms with Gasteiger partial charge in [0.1, 0.15) is 11.4 Å². The van der Waals surface area contributed by atoms with Gasteiger partial charge in [-0.2, -0.15) is 0 Å². The maximum Gasteiger partial charge on any atom is 0.270 e. The molecule has 43 heavy (non-hydrogen) atoms. The highest BCUT2D eigenvalue weighted by Gasteiger charge is 2.32. The number of hydrogen-bond acceptors (Lipinski definition) is 7. The van der Waals surface area contributed by atoms with Crippen LogP contribution in [0.5, 0.6) is 5.75 Å². The summed E-state index contributed by atoms with van der Waals surface area (Å²) in [6.45, 7) is 3.58. The van der Waals surface area contributed by atoms with E-state index in [0.717, 1.165) is 78.2 Å². The number of imidazole rings is 1. The Hall–Kier alpha value is -4.28. The van der Waals surface area contributed by atoms with E-state index in [4.69, 9.17) is 14.5 Å². The molecule has 10 nitrogen and oxygen atoms in total. The van der Waals surface area contributed by atoms with Gasteiger partial charge in [0.25, 0.3) is 5.69 Å². The predicted octanol–water partition coefficient (Wildman–Crippen LogP) is 5.43. The molecule has 0 radical (unpaired) electrons. The molecule has 0 unspecified atom stereocenters. The Balaban J connectivity index is 1.27. The second-order valence-electron chi connectivity index (χ2n) is 11.4. The number of ether oxygens (including phenoxy) is 2. The minimum atomic E-state index is -0.374. The molecule has 1 saturated carbocycles. The Kier molecular flexibility index (Phi) is 8.40. The zero-order valence-corrected chi connectivity index (χ0v) is 24.6. The number of carbonyl (C=O) groups excluding carboxylic acids is 1. The van der Waals surface area contributed by atoms with Crippen molar-refractivity contribution in [1.82, 2.24) is 19.2 Å². The quantitative estimate of drug-likeness (QED) is 0.201. The number of nitro groups is 1. The number of methoxy groups -OCH3 is 2. The van der Waals surface area contributed by atoms with Crippen LogP contribution in [-0.4, -0.2) is 76.5 Å². The number of non-ortho nitro benzene ring substituents is 1. The molecular weight excluding hydrogens is 546 g/mol. The Morgan fingerprint density at radius 1 is 0.977 bits per heavy atom. The minimum absolute atomic E-state index is 0.0536. The van der Waals surface area contributed by atoms with Gasteiger partial charge in [-0.05, 0) is 66.8 Å². The number of amides is 1. The zero-order chi connectivity index (χ0) is 29.9. The van der Waals surface area contributed by atoms with Crippen LogP contribution < -0.4 is 4.74 Å². The van der Waals surface area contributed by atoms with Gasteiger partial charge in [-0.1, -0.05) is 18.6 Å². The largest absolute Gasteiger partial charge is 0.497 e. The third-order valence-corrected chi connectivity index (χ3v) is 8.84. The van der Waals surface area contributed by atoms with Gasteiger partial charge in [-0.15, -0.1) is 0 Å². The predicted molar refractivity (Wildman–Crippen MR) is 164 cm³/mol. The summed E-state index contributed by atoms with van der Waals surface area (Å²) in [4.78, 5) is 33.8. The molecular formula is C33H37N5O5. The fourth-order valence-corrected chi connectivity index (χ4v) is 6.37. The molecule has 3 heterocycles.